The lowest BCUT2D eigenvalue weighted by Crippen LogP contribution is -2.60. The lowest BCUT2D eigenvalue weighted by molar-refractivity contribution is -0.154. The van der Waals surface area contributed by atoms with E-state index in [0.717, 1.165) is 16.7 Å². The number of nitrogens with one attached hydrogen (secondary N) is 2. The van der Waals surface area contributed by atoms with Gasteiger partial charge in [0.15, 0.2) is 5.76 Å². The Balaban J connectivity index is 0.798. The number of rotatable bonds is 14. The number of benzene rings is 4. The molecule has 73 heavy (non-hydrogen) atoms. The van der Waals surface area contributed by atoms with E-state index >= 15 is 0 Å². The summed E-state index contributed by atoms with van der Waals surface area (Å²) < 4.78 is 6.18. The van der Waals surface area contributed by atoms with Crippen molar-refractivity contribution in [3.63, 3.8) is 0 Å². The summed E-state index contributed by atoms with van der Waals surface area (Å²) in [4.78, 5) is 100.0. The zero-order valence-electron chi connectivity index (χ0n) is 42.8. The van der Waals surface area contributed by atoms with E-state index in [9.17, 15) is 28.8 Å². The molecule has 2 unspecified atom stereocenters. The average Bonchev–Trinajstić information content (AvgIpc) is 4.26. The minimum absolute atomic E-state index is 0.124. The van der Waals surface area contributed by atoms with Gasteiger partial charge in [0.1, 0.15) is 35.2 Å². The van der Waals surface area contributed by atoms with E-state index in [4.69, 9.17) is 4.42 Å². The summed E-state index contributed by atoms with van der Waals surface area (Å²) in [6.07, 6.45) is 6.48. The standard InChI is InChI=1S/C57H67N9O7/c1-56(31-15-35-65(56)52(69)47(61(3)4)39-17-9-7-10-18-39)54(71)63-33-13-21-44(63)49(67)59-42-27-23-38(24-28-42)46-37-58-51(73-46)41-25-29-43(30-26-41)60-50(68)45-22-14-34-64(45)55(72)57(2)32-16-36-66(57)53(70)48(62(5)6)40-19-11-8-12-20-40/h7-12,17-20,23-30,37,44-45,47-48H,13-16,21-22,31-36H2,1-6H3,(H,59,67)(H,60,68)/t44-,45-,47+,48+,56?,57?/m0/s1. The van der Waals surface area contributed by atoms with Crippen molar-refractivity contribution in [1.29, 1.82) is 0 Å². The number of hydrogen-bond acceptors (Lipinski definition) is 10. The largest absolute Gasteiger partial charge is 0.436 e. The van der Waals surface area contributed by atoms with Gasteiger partial charge >= 0.3 is 0 Å². The fourth-order valence-corrected chi connectivity index (χ4v) is 11.6. The topological polar surface area (TPSA) is 172 Å². The molecule has 0 radical (unpaired) electrons. The van der Waals surface area contributed by atoms with Crippen LogP contribution in [0.4, 0.5) is 11.4 Å². The van der Waals surface area contributed by atoms with Crippen LogP contribution in [0.5, 0.6) is 0 Å². The summed E-state index contributed by atoms with van der Waals surface area (Å²) in [5, 5.41) is 6.03. The van der Waals surface area contributed by atoms with E-state index in [-0.39, 0.29) is 35.4 Å². The maximum atomic E-state index is 14.4. The highest BCUT2D eigenvalue weighted by Gasteiger charge is 2.53. The average molecular weight is 990 g/mol. The van der Waals surface area contributed by atoms with Gasteiger partial charge in [0.05, 0.1) is 6.20 Å². The molecular formula is C57H67N9O7. The molecule has 1 aromatic heterocycles. The van der Waals surface area contributed by atoms with Crippen LogP contribution in [0, 0.1) is 0 Å². The van der Waals surface area contributed by atoms with Crippen molar-refractivity contribution in [2.24, 2.45) is 0 Å². The molecule has 4 saturated heterocycles. The van der Waals surface area contributed by atoms with Gasteiger partial charge < -0.3 is 34.7 Å². The Bertz CT molecular complexity index is 2630. The molecule has 0 aliphatic carbocycles. The van der Waals surface area contributed by atoms with Crippen LogP contribution in [0.15, 0.2) is 120 Å². The van der Waals surface area contributed by atoms with Crippen molar-refractivity contribution in [3.05, 3.63) is 127 Å². The Labute approximate surface area is 427 Å². The van der Waals surface area contributed by atoms with Gasteiger partial charge in [-0.05, 0) is 153 Å². The van der Waals surface area contributed by atoms with Crippen LogP contribution in [0.3, 0.4) is 0 Å². The molecule has 4 aliphatic rings. The fourth-order valence-electron chi connectivity index (χ4n) is 11.6. The number of nitrogens with zero attached hydrogens (tertiary/aromatic N) is 7. The smallest absolute Gasteiger partial charge is 0.248 e. The van der Waals surface area contributed by atoms with Gasteiger partial charge in [-0.15, -0.1) is 0 Å². The van der Waals surface area contributed by atoms with Crippen LogP contribution in [0.25, 0.3) is 22.8 Å². The van der Waals surface area contributed by atoms with Crippen molar-refractivity contribution in [3.8, 4) is 22.8 Å². The molecule has 4 aromatic carbocycles. The van der Waals surface area contributed by atoms with Crippen LogP contribution < -0.4 is 10.6 Å². The van der Waals surface area contributed by atoms with Crippen molar-refractivity contribution < 1.29 is 33.2 Å². The summed E-state index contributed by atoms with van der Waals surface area (Å²) in [6, 6.07) is 31.2. The first-order valence-corrected chi connectivity index (χ1v) is 25.6. The summed E-state index contributed by atoms with van der Waals surface area (Å²) in [6.45, 7) is 5.50. The number of anilines is 2. The minimum atomic E-state index is -1.07. The second-order valence-electron chi connectivity index (χ2n) is 20.8. The molecule has 6 amide bonds. The molecule has 0 bridgehead atoms. The second-order valence-corrected chi connectivity index (χ2v) is 20.8. The predicted octanol–water partition coefficient (Wildman–Crippen LogP) is 7.24. The van der Waals surface area contributed by atoms with Gasteiger partial charge in [0.25, 0.3) is 0 Å². The van der Waals surface area contributed by atoms with Crippen molar-refractivity contribution >= 4 is 46.8 Å². The molecule has 0 saturated carbocycles. The highest BCUT2D eigenvalue weighted by Crippen LogP contribution is 2.39. The molecule has 0 spiro atoms. The Hall–Kier alpha value is -7.17. The quantitative estimate of drug-likeness (QED) is 0.116. The van der Waals surface area contributed by atoms with Crippen LogP contribution in [0.1, 0.15) is 88.4 Å². The first-order valence-electron chi connectivity index (χ1n) is 25.6. The minimum Gasteiger partial charge on any atom is -0.436 e. The van der Waals surface area contributed by atoms with Crippen molar-refractivity contribution in [2.75, 3.05) is 65.0 Å². The van der Waals surface area contributed by atoms with E-state index in [2.05, 4.69) is 15.6 Å². The summed E-state index contributed by atoms with van der Waals surface area (Å²) in [5.74, 6) is -0.305. The number of amides is 6. The molecule has 9 rings (SSSR count). The molecule has 16 heteroatoms. The SMILES string of the molecule is CN(C)[C@@H](C(=O)N1CCCC1(C)C(=O)N1CCC[C@H]1C(=O)Nc1ccc(-c2cnc(-c3ccc(NC(=O)[C@@H]4CCCN4C(=O)C4(C)CCCN4C(=O)[C@@H](c4ccccc4)N(C)C)cc3)o2)cc1)c1ccccc1. The maximum Gasteiger partial charge on any atom is 0.248 e. The van der Waals surface area contributed by atoms with Gasteiger partial charge in [-0.2, -0.15) is 0 Å². The van der Waals surface area contributed by atoms with Crippen LogP contribution >= 0.6 is 0 Å². The molecule has 4 aliphatic heterocycles. The number of carbonyl (C=O) groups is 6. The highest BCUT2D eigenvalue weighted by atomic mass is 16.4. The third kappa shape index (κ3) is 10.0. The molecule has 16 nitrogen and oxygen atoms in total. The third-order valence-corrected chi connectivity index (χ3v) is 15.4. The molecule has 5 heterocycles. The number of likely N-dealkylation sites (tertiary alicyclic amines) is 4. The number of likely N-dealkylation sites (N-methyl/N-ethyl adjacent to an activating group) is 2. The van der Waals surface area contributed by atoms with Gasteiger partial charge in [0.2, 0.25) is 41.3 Å². The second kappa shape index (κ2) is 21.1. The first-order chi connectivity index (χ1) is 35.1. The van der Waals surface area contributed by atoms with Crippen LogP contribution in [-0.4, -0.2) is 147 Å². The van der Waals surface area contributed by atoms with E-state index < -0.39 is 35.2 Å². The number of carbonyl (C=O) groups excluding carboxylic acids is 6. The summed E-state index contributed by atoms with van der Waals surface area (Å²) >= 11 is 0. The molecule has 2 N–H and O–H groups in total. The fraction of sp³-hybridized carbons (Fsp3) is 0.421. The maximum absolute atomic E-state index is 14.4. The Morgan fingerprint density at radius 2 is 0.973 bits per heavy atom. The van der Waals surface area contributed by atoms with E-state index in [1.54, 1.807) is 50.1 Å². The number of hydrogen-bond donors (Lipinski definition) is 2. The van der Waals surface area contributed by atoms with Crippen LogP contribution in [0.2, 0.25) is 0 Å². The zero-order chi connectivity index (χ0) is 51.6. The predicted molar refractivity (Wildman–Crippen MR) is 279 cm³/mol. The number of aromatic nitrogens is 1. The summed E-state index contributed by atoms with van der Waals surface area (Å²) in [5.41, 5.74) is 2.15. The molecule has 5 aromatic rings. The van der Waals surface area contributed by atoms with Gasteiger partial charge in [-0.25, -0.2) is 4.98 Å². The summed E-state index contributed by atoms with van der Waals surface area (Å²) in [7, 11) is 7.48. The zero-order valence-corrected chi connectivity index (χ0v) is 42.8. The lowest BCUT2D eigenvalue weighted by atomic mass is 9.94. The lowest BCUT2D eigenvalue weighted by Gasteiger charge is -2.40. The number of oxazole rings is 1. The van der Waals surface area contributed by atoms with E-state index in [0.29, 0.717) is 106 Å². The normalized spacial score (nSPS) is 22.7. The Kier molecular flexibility index (Phi) is 14.7. The van der Waals surface area contributed by atoms with Gasteiger partial charge in [-0.1, -0.05) is 60.7 Å². The Morgan fingerprint density at radius 3 is 1.38 bits per heavy atom. The van der Waals surface area contributed by atoms with Gasteiger partial charge in [0, 0.05) is 48.7 Å². The highest BCUT2D eigenvalue weighted by molar-refractivity contribution is 6.02. The molecule has 4 fully saturated rings. The molecular weight excluding hydrogens is 923 g/mol. The van der Waals surface area contributed by atoms with Crippen molar-refractivity contribution in [2.45, 2.75) is 100 Å². The van der Waals surface area contributed by atoms with E-state index in [1.165, 1.54) is 0 Å². The monoisotopic (exact) mass is 990 g/mol. The van der Waals surface area contributed by atoms with Crippen LogP contribution in [-0.2, 0) is 28.8 Å². The Morgan fingerprint density at radius 1 is 0.562 bits per heavy atom. The first kappa shape index (κ1) is 50.8. The molecule has 6 atom stereocenters. The molecule has 382 valence electrons. The van der Waals surface area contributed by atoms with E-state index in [1.807, 2.05) is 137 Å². The van der Waals surface area contributed by atoms with Crippen molar-refractivity contribution in [1.82, 2.24) is 34.4 Å². The third-order valence-electron chi connectivity index (χ3n) is 15.4. The van der Waals surface area contributed by atoms with Gasteiger partial charge in [-0.3, -0.25) is 38.6 Å².